The van der Waals surface area contributed by atoms with Crippen molar-refractivity contribution in [1.82, 2.24) is 15.1 Å². The van der Waals surface area contributed by atoms with Gasteiger partial charge in [-0.15, -0.1) is 0 Å². The van der Waals surface area contributed by atoms with Gasteiger partial charge in [0, 0.05) is 37.0 Å². The Labute approximate surface area is 124 Å². The minimum Gasteiger partial charge on any atom is -0.347 e. The van der Waals surface area contributed by atoms with E-state index >= 15 is 0 Å². The first kappa shape index (κ1) is 14.5. The monoisotopic (exact) mass is 293 g/mol. The van der Waals surface area contributed by atoms with Crippen LogP contribution in [0.1, 0.15) is 49.8 Å². The average molecular weight is 293 g/mol. The Morgan fingerprint density at radius 1 is 1.29 bits per heavy atom. The zero-order valence-corrected chi connectivity index (χ0v) is 12.9. The second-order valence-electron chi connectivity index (χ2n) is 6.82. The molecule has 116 valence electrons. The number of ether oxygens (including phenoxy) is 2. The number of carbonyl (C=O) groups is 1. The molecule has 1 N–H and O–H groups in total. The number of nitrogens with zero attached hydrogens (tertiary/aromatic N) is 2. The molecule has 1 amide bonds. The first-order valence-electron chi connectivity index (χ1n) is 7.53. The van der Waals surface area contributed by atoms with Crippen LogP contribution in [0.3, 0.4) is 0 Å². The Kier molecular flexibility index (Phi) is 3.53. The summed E-state index contributed by atoms with van der Waals surface area (Å²) in [5, 5.41) is 7.14. The van der Waals surface area contributed by atoms with Gasteiger partial charge in [-0.1, -0.05) is 20.8 Å². The van der Waals surface area contributed by atoms with Crippen LogP contribution in [0.4, 0.5) is 0 Å². The Balaban J connectivity index is 1.65. The Hall–Kier alpha value is -1.40. The van der Waals surface area contributed by atoms with Crippen molar-refractivity contribution in [3.63, 3.8) is 0 Å². The molecule has 0 aliphatic carbocycles. The number of likely N-dealkylation sites (tertiary alicyclic amines) is 1. The summed E-state index contributed by atoms with van der Waals surface area (Å²) in [6.07, 6.45) is 1.46. The van der Waals surface area contributed by atoms with Crippen LogP contribution in [0.2, 0.25) is 0 Å². The predicted molar refractivity (Wildman–Crippen MR) is 77.1 cm³/mol. The molecule has 2 aliphatic rings. The maximum Gasteiger partial charge on any atom is 0.274 e. The highest BCUT2D eigenvalue weighted by atomic mass is 16.7. The molecule has 2 fully saturated rings. The van der Waals surface area contributed by atoms with Crippen molar-refractivity contribution in [2.75, 3.05) is 26.3 Å². The third-order valence-electron chi connectivity index (χ3n) is 4.23. The van der Waals surface area contributed by atoms with Crippen LogP contribution in [0.5, 0.6) is 0 Å². The molecule has 6 nitrogen and oxygen atoms in total. The van der Waals surface area contributed by atoms with Crippen LogP contribution in [0.15, 0.2) is 6.07 Å². The van der Waals surface area contributed by atoms with Crippen molar-refractivity contribution in [1.29, 1.82) is 0 Å². The molecule has 1 aromatic rings. The van der Waals surface area contributed by atoms with E-state index in [0.717, 1.165) is 18.5 Å². The molecule has 3 rings (SSSR count). The van der Waals surface area contributed by atoms with Crippen LogP contribution in [0, 0.1) is 0 Å². The fourth-order valence-corrected chi connectivity index (χ4v) is 2.81. The van der Waals surface area contributed by atoms with E-state index in [1.165, 1.54) is 0 Å². The fraction of sp³-hybridized carbons (Fsp3) is 0.733. The molecular weight excluding hydrogens is 270 g/mol. The minimum atomic E-state index is -0.446. The number of hydrogen-bond donors (Lipinski definition) is 1. The van der Waals surface area contributed by atoms with Gasteiger partial charge in [0.15, 0.2) is 5.79 Å². The molecule has 0 radical (unpaired) electrons. The van der Waals surface area contributed by atoms with E-state index in [1.807, 2.05) is 11.0 Å². The lowest BCUT2D eigenvalue weighted by Crippen LogP contribution is -2.47. The Morgan fingerprint density at radius 2 is 1.90 bits per heavy atom. The van der Waals surface area contributed by atoms with Gasteiger partial charge in [-0.25, -0.2) is 0 Å². The maximum atomic E-state index is 12.5. The average Bonchev–Trinajstić information content (AvgIpc) is 3.08. The van der Waals surface area contributed by atoms with Gasteiger partial charge in [0.25, 0.3) is 5.91 Å². The molecule has 6 heteroatoms. The summed E-state index contributed by atoms with van der Waals surface area (Å²) in [5.74, 6) is -0.464. The minimum absolute atomic E-state index is 0.0189. The van der Waals surface area contributed by atoms with Gasteiger partial charge >= 0.3 is 0 Å². The molecule has 2 aliphatic heterocycles. The van der Waals surface area contributed by atoms with Crippen LogP contribution in [0.25, 0.3) is 0 Å². The van der Waals surface area contributed by atoms with E-state index in [4.69, 9.17) is 9.47 Å². The number of nitrogens with one attached hydrogen (secondary N) is 1. The SMILES string of the molecule is CC(C)(C)c1cc(C(=O)N2CCC3(CC2)OCCO3)n[nH]1. The topological polar surface area (TPSA) is 67.5 Å². The normalized spacial score (nSPS) is 22.0. The first-order chi connectivity index (χ1) is 9.90. The zero-order valence-electron chi connectivity index (χ0n) is 12.9. The Morgan fingerprint density at radius 3 is 2.43 bits per heavy atom. The van der Waals surface area contributed by atoms with Gasteiger partial charge in [0.2, 0.25) is 0 Å². The van der Waals surface area contributed by atoms with Crippen LogP contribution in [-0.2, 0) is 14.9 Å². The number of carbonyl (C=O) groups excluding carboxylic acids is 1. The summed E-state index contributed by atoms with van der Waals surface area (Å²) >= 11 is 0. The molecular formula is C15H23N3O3. The van der Waals surface area contributed by atoms with E-state index in [9.17, 15) is 4.79 Å². The summed E-state index contributed by atoms with van der Waals surface area (Å²) < 4.78 is 11.4. The van der Waals surface area contributed by atoms with E-state index in [2.05, 4.69) is 31.0 Å². The molecule has 1 aromatic heterocycles. The smallest absolute Gasteiger partial charge is 0.274 e. The van der Waals surface area contributed by atoms with Crippen LogP contribution in [-0.4, -0.2) is 53.1 Å². The number of aromatic amines is 1. The second-order valence-corrected chi connectivity index (χ2v) is 6.82. The third kappa shape index (κ3) is 2.82. The van der Waals surface area contributed by atoms with Crippen molar-refractivity contribution < 1.29 is 14.3 Å². The number of H-pyrrole nitrogens is 1. The summed E-state index contributed by atoms with van der Waals surface area (Å²) in [6.45, 7) is 8.88. The number of piperidine rings is 1. The summed E-state index contributed by atoms with van der Waals surface area (Å²) in [4.78, 5) is 14.3. The number of rotatable bonds is 1. The second kappa shape index (κ2) is 5.10. The molecule has 1 spiro atoms. The fourth-order valence-electron chi connectivity index (χ4n) is 2.81. The summed E-state index contributed by atoms with van der Waals surface area (Å²) in [6, 6.07) is 1.86. The number of amides is 1. The van der Waals surface area contributed by atoms with E-state index in [1.54, 1.807) is 0 Å². The van der Waals surface area contributed by atoms with Crippen molar-refractivity contribution >= 4 is 5.91 Å². The lowest BCUT2D eigenvalue weighted by Gasteiger charge is -2.37. The number of hydrogen-bond acceptors (Lipinski definition) is 4. The molecule has 0 atom stereocenters. The maximum absolute atomic E-state index is 12.5. The Bertz CT molecular complexity index is 517. The first-order valence-corrected chi connectivity index (χ1v) is 7.53. The van der Waals surface area contributed by atoms with Gasteiger partial charge < -0.3 is 14.4 Å². The van der Waals surface area contributed by atoms with Gasteiger partial charge in [0.1, 0.15) is 5.69 Å². The molecule has 21 heavy (non-hydrogen) atoms. The largest absolute Gasteiger partial charge is 0.347 e. The summed E-state index contributed by atoms with van der Waals surface area (Å²) in [5.41, 5.74) is 1.43. The van der Waals surface area contributed by atoms with E-state index < -0.39 is 5.79 Å². The van der Waals surface area contributed by atoms with Gasteiger partial charge in [-0.3, -0.25) is 9.89 Å². The van der Waals surface area contributed by atoms with Gasteiger partial charge in [-0.2, -0.15) is 5.10 Å². The van der Waals surface area contributed by atoms with Gasteiger partial charge in [0.05, 0.1) is 13.2 Å². The van der Waals surface area contributed by atoms with Crippen molar-refractivity contribution in [3.05, 3.63) is 17.5 Å². The molecule has 0 unspecified atom stereocenters. The molecule has 3 heterocycles. The molecule has 0 saturated carbocycles. The predicted octanol–water partition coefficient (Wildman–Crippen LogP) is 1.69. The van der Waals surface area contributed by atoms with Crippen molar-refractivity contribution in [2.45, 2.75) is 44.8 Å². The summed E-state index contributed by atoms with van der Waals surface area (Å²) in [7, 11) is 0. The van der Waals surface area contributed by atoms with Gasteiger partial charge in [-0.05, 0) is 6.07 Å². The van der Waals surface area contributed by atoms with E-state index in [0.29, 0.717) is 32.0 Å². The zero-order chi connectivity index (χ0) is 15.1. The molecule has 2 saturated heterocycles. The standard InChI is InChI=1S/C15H23N3O3/c1-14(2,3)12-10-11(16-17-12)13(19)18-6-4-15(5-7-18)20-8-9-21-15/h10H,4-9H2,1-3H3,(H,16,17). The van der Waals surface area contributed by atoms with E-state index in [-0.39, 0.29) is 11.3 Å². The van der Waals surface area contributed by atoms with Crippen LogP contribution < -0.4 is 0 Å². The highest BCUT2D eigenvalue weighted by Crippen LogP contribution is 2.31. The third-order valence-corrected chi connectivity index (χ3v) is 4.23. The molecule has 0 aromatic carbocycles. The van der Waals surface area contributed by atoms with Crippen molar-refractivity contribution in [2.24, 2.45) is 0 Å². The highest BCUT2D eigenvalue weighted by molar-refractivity contribution is 5.92. The molecule has 0 bridgehead atoms. The lowest BCUT2D eigenvalue weighted by atomic mass is 9.92. The van der Waals surface area contributed by atoms with Crippen LogP contribution >= 0.6 is 0 Å². The lowest BCUT2D eigenvalue weighted by molar-refractivity contribution is -0.181. The highest BCUT2D eigenvalue weighted by Gasteiger charge is 2.41. The van der Waals surface area contributed by atoms with Crippen molar-refractivity contribution in [3.8, 4) is 0 Å². The quantitative estimate of drug-likeness (QED) is 0.855. The number of aromatic nitrogens is 2.